The Labute approximate surface area is 243 Å². The third kappa shape index (κ3) is 8.37. The summed E-state index contributed by atoms with van der Waals surface area (Å²) in [5.41, 5.74) is 4.19. The molecule has 1 aliphatic heterocycles. The average Bonchev–Trinajstić information content (AvgIpc) is 3.03. The van der Waals surface area contributed by atoms with Crippen LogP contribution in [0.15, 0.2) is 121 Å². The molecule has 0 bridgehead atoms. The Hall–Kier alpha value is -3.76. The fraction of sp³-hybridized carbons (Fsp3) is 0.278. The lowest BCUT2D eigenvalue weighted by Gasteiger charge is -2.45. The zero-order chi connectivity index (χ0) is 28.1. The van der Waals surface area contributed by atoms with Gasteiger partial charge in [-0.3, -0.25) is 0 Å². The van der Waals surface area contributed by atoms with Gasteiger partial charge in [-0.2, -0.15) is 0 Å². The molecule has 1 heterocycles. The van der Waals surface area contributed by atoms with Gasteiger partial charge in [0.15, 0.2) is 6.29 Å². The van der Waals surface area contributed by atoms with Gasteiger partial charge in [-0.25, -0.2) is 0 Å². The van der Waals surface area contributed by atoms with E-state index in [9.17, 15) is 0 Å². The molecule has 1 aliphatic rings. The maximum absolute atomic E-state index is 6.65. The highest BCUT2D eigenvalue weighted by Gasteiger charge is 2.48. The van der Waals surface area contributed by atoms with E-state index in [-0.39, 0.29) is 0 Å². The minimum Gasteiger partial charge on any atom is -0.368 e. The summed E-state index contributed by atoms with van der Waals surface area (Å²) in [6, 6.07) is 40.2. The van der Waals surface area contributed by atoms with Gasteiger partial charge >= 0.3 is 0 Å². The molecule has 0 unspecified atom stereocenters. The maximum atomic E-state index is 6.65. The summed E-state index contributed by atoms with van der Waals surface area (Å²) in [7, 11) is 0. The summed E-state index contributed by atoms with van der Waals surface area (Å²) in [5, 5.41) is 0. The van der Waals surface area contributed by atoms with Crippen LogP contribution in [0, 0.1) is 12.3 Å². The third-order valence-electron chi connectivity index (χ3n) is 7.02. The lowest BCUT2D eigenvalue weighted by molar-refractivity contribution is -0.324. The van der Waals surface area contributed by atoms with Crippen molar-refractivity contribution >= 4 is 0 Å². The van der Waals surface area contributed by atoms with Crippen LogP contribution in [0.4, 0.5) is 0 Å². The molecular formula is C36H36O5. The van der Waals surface area contributed by atoms with E-state index in [4.69, 9.17) is 30.1 Å². The molecule has 5 rings (SSSR count). The van der Waals surface area contributed by atoms with Crippen molar-refractivity contribution in [2.24, 2.45) is 0 Å². The quantitative estimate of drug-likeness (QED) is 0.174. The first kappa shape index (κ1) is 28.8. The zero-order valence-electron chi connectivity index (χ0n) is 23.1. The van der Waals surface area contributed by atoms with Crippen LogP contribution in [0.2, 0.25) is 0 Å². The minimum absolute atomic E-state index is 0.348. The molecule has 5 nitrogen and oxygen atoms in total. The van der Waals surface area contributed by atoms with E-state index < -0.39 is 30.7 Å². The topological polar surface area (TPSA) is 46.2 Å². The van der Waals surface area contributed by atoms with E-state index in [1.54, 1.807) is 0 Å². The fourth-order valence-corrected chi connectivity index (χ4v) is 4.91. The van der Waals surface area contributed by atoms with Crippen LogP contribution in [0.5, 0.6) is 0 Å². The van der Waals surface area contributed by atoms with Gasteiger partial charge in [-0.1, -0.05) is 121 Å². The van der Waals surface area contributed by atoms with Crippen molar-refractivity contribution in [2.75, 3.05) is 0 Å². The predicted molar refractivity (Wildman–Crippen MR) is 158 cm³/mol. The second-order valence-corrected chi connectivity index (χ2v) is 10.0. The van der Waals surface area contributed by atoms with E-state index in [0.717, 1.165) is 22.3 Å². The van der Waals surface area contributed by atoms with Gasteiger partial charge in [0.05, 0.1) is 26.4 Å². The second kappa shape index (κ2) is 15.3. The fourth-order valence-electron chi connectivity index (χ4n) is 4.91. The van der Waals surface area contributed by atoms with Crippen LogP contribution >= 0.6 is 0 Å². The molecule has 41 heavy (non-hydrogen) atoms. The summed E-state index contributed by atoms with van der Waals surface area (Å²) >= 11 is 0. The number of rotatable bonds is 13. The van der Waals surface area contributed by atoms with E-state index >= 15 is 0 Å². The molecule has 210 valence electrons. The zero-order valence-corrected chi connectivity index (χ0v) is 23.1. The SMILES string of the molecule is C#CC[C@H]1O[C@H](OCc2ccccc2)[C@H](OCc2ccccc2)[C@@H](OCc2ccccc2)[C@H]1OCc1ccccc1. The van der Waals surface area contributed by atoms with Crippen LogP contribution in [0.3, 0.4) is 0 Å². The Kier molecular flexibility index (Phi) is 10.7. The molecule has 4 aromatic carbocycles. The highest BCUT2D eigenvalue weighted by molar-refractivity contribution is 5.16. The maximum Gasteiger partial charge on any atom is 0.187 e. The molecule has 0 saturated carbocycles. The number of hydrogen-bond acceptors (Lipinski definition) is 5. The van der Waals surface area contributed by atoms with Gasteiger partial charge in [0.1, 0.15) is 24.4 Å². The first-order valence-electron chi connectivity index (χ1n) is 14.0. The van der Waals surface area contributed by atoms with Crippen molar-refractivity contribution in [3.05, 3.63) is 144 Å². The Morgan fingerprint density at radius 3 is 1.27 bits per heavy atom. The predicted octanol–water partition coefficient (Wildman–Crippen LogP) is 6.71. The van der Waals surface area contributed by atoms with E-state index in [1.807, 2.05) is 121 Å². The molecule has 0 N–H and O–H groups in total. The molecule has 5 heteroatoms. The molecule has 1 fully saturated rings. The number of benzene rings is 4. The third-order valence-corrected chi connectivity index (χ3v) is 7.02. The van der Waals surface area contributed by atoms with Crippen molar-refractivity contribution in [3.8, 4) is 12.3 Å². The Morgan fingerprint density at radius 2 is 0.854 bits per heavy atom. The molecule has 0 amide bonds. The van der Waals surface area contributed by atoms with Crippen molar-refractivity contribution < 1.29 is 23.7 Å². The smallest absolute Gasteiger partial charge is 0.187 e. The van der Waals surface area contributed by atoms with E-state index in [0.29, 0.717) is 32.8 Å². The summed E-state index contributed by atoms with van der Waals surface area (Å²) < 4.78 is 32.7. The van der Waals surface area contributed by atoms with Crippen LogP contribution in [-0.2, 0) is 50.1 Å². The molecule has 0 spiro atoms. The molecule has 0 aliphatic carbocycles. The number of terminal acetylenes is 1. The lowest BCUT2D eigenvalue weighted by atomic mass is 9.95. The normalized spacial score (nSPS) is 22.2. The molecule has 5 atom stereocenters. The molecule has 0 aromatic heterocycles. The summed E-state index contributed by atoms with van der Waals surface area (Å²) in [6.07, 6.45) is 3.46. The molecular weight excluding hydrogens is 512 g/mol. The largest absolute Gasteiger partial charge is 0.368 e. The average molecular weight is 549 g/mol. The number of ether oxygens (including phenoxy) is 5. The highest BCUT2D eigenvalue weighted by atomic mass is 16.7. The van der Waals surface area contributed by atoms with Crippen LogP contribution in [0.1, 0.15) is 28.7 Å². The monoisotopic (exact) mass is 548 g/mol. The van der Waals surface area contributed by atoms with Crippen LogP contribution < -0.4 is 0 Å². The van der Waals surface area contributed by atoms with Gasteiger partial charge in [0, 0.05) is 6.42 Å². The second-order valence-electron chi connectivity index (χ2n) is 10.0. The van der Waals surface area contributed by atoms with Crippen molar-refractivity contribution in [3.63, 3.8) is 0 Å². The van der Waals surface area contributed by atoms with Crippen molar-refractivity contribution in [1.82, 2.24) is 0 Å². The Balaban J connectivity index is 1.43. The minimum atomic E-state index is -0.713. The lowest BCUT2D eigenvalue weighted by Crippen LogP contribution is -2.60. The van der Waals surface area contributed by atoms with E-state index in [2.05, 4.69) is 5.92 Å². The first-order valence-corrected chi connectivity index (χ1v) is 14.0. The van der Waals surface area contributed by atoms with Crippen molar-refractivity contribution in [1.29, 1.82) is 0 Å². The van der Waals surface area contributed by atoms with Gasteiger partial charge < -0.3 is 23.7 Å². The summed E-state index contributed by atoms with van der Waals surface area (Å²) in [5.74, 6) is 2.77. The standard InChI is InChI=1S/C36H36O5/c1-2-15-32-33(37-24-28-16-7-3-8-17-28)34(38-25-29-18-9-4-10-19-29)35(39-26-30-20-11-5-12-21-30)36(41-32)40-27-31-22-13-6-14-23-31/h1,3-14,16-23,32-36H,15,24-27H2/t32-,33+,34+,35-,36+/m1/s1. The first-order chi connectivity index (χ1) is 20.3. The molecule has 0 radical (unpaired) electrons. The van der Waals surface area contributed by atoms with Gasteiger partial charge in [0.2, 0.25) is 0 Å². The van der Waals surface area contributed by atoms with Gasteiger partial charge in [-0.05, 0) is 22.3 Å². The summed E-state index contributed by atoms with van der Waals surface area (Å²) in [4.78, 5) is 0. The van der Waals surface area contributed by atoms with Gasteiger partial charge in [-0.15, -0.1) is 12.3 Å². The molecule has 1 saturated heterocycles. The molecule has 4 aromatic rings. The summed E-state index contributed by atoms with van der Waals surface area (Å²) in [6.45, 7) is 1.51. The number of hydrogen-bond donors (Lipinski definition) is 0. The van der Waals surface area contributed by atoms with E-state index in [1.165, 1.54) is 0 Å². The van der Waals surface area contributed by atoms with Gasteiger partial charge in [0.25, 0.3) is 0 Å². The highest BCUT2D eigenvalue weighted by Crippen LogP contribution is 2.32. The Bertz CT molecular complexity index is 1320. The van der Waals surface area contributed by atoms with Crippen LogP contribution in [-0.4, -0.2) is 30.7 Å². The van der Waals surface area contributed by atoms with Crippen molar-refractivity contribution in [2.45, 2.75) is 63.6 Å². The Morgan fingerprint density at radius 1 is 0.488 bits per heavy atom. The van der Waals surface area contributed by atoms with Crippen LogP contribution in [0.25, 0.3) is 0 Å².